The average Bonchev–Trinajstić information content (AvgIpc) is 2.45. The molecule has 0 spiro atoms. The number of nitrogens with zero attached hydrogens (tertiary/aromatic N) is 1. The van der Waals surface area contributed by atoms with Gasteiger partial charge in [0.25, 0.3) is 5.91 Å². The third-order valence-electron chi connectivity index (χ3n) is 2.71. The van der Waals surface area contributed by atoms with E-state index in [4.69, 9.17) is 21.4 Å². The zero-order chi connectivity index (χ0) is 15.8. The summed E-state index contributed by atoms with van der Waals surface area (Å²) in [6, 6.07) is 4.75. The van der Waals surface area contributed by atoms with E-state index in [0.717, 1.165) is 0 Å². The topological polar surface area (TPSA) is 70.0 Å². The van der Waals surface area contributed by atoms with Crippen LogP contribution in [0.15, 0.2) is 18.2 Å². The van der Waals surface area contributed by atoms with Gasteiger partial charge in [0.15, 0.2) is 0 Å². The van der Waals surface area contributed by atoms with Crippen molar-refractivity contribution in [1.82, 2.24) is 4.90 Å². The fourth-order valence-electron chi connectivity index (χ4n) is 1.75. The predicted octanol–water partition coefficient (Wildman–Crippen LogP) is 0.763. The van der Waals surface area contributed by atoms with Gasteiger partial charge in [0.05, 0.1) is 17.7 Å². The molecule has 0 aliphatic heterocycles. The summed E-state index contributed by atoms with van der Waals surface area (Å²) in [6.07, 6.45) is -0.742. The van der Waals surface area contributed by atoms with E-state index < -0.39 is 6.10 Å². The second-order valence-corrected chi connectivity index (χ2v) is 4.86. The Morgan fingerprint density at radius 1 is 1.52 bits per heavy atom. The van der Waals surface area contributed by atoms with Gasteiger partial charge in [-0.05, 0) is 18.2 Å². The molecule has 21 heavy (non-hydrogen) atoms. The molecule has 0 bridgehead atoms. The van der Waals surface area contributed by atoms with Crippen LogP contribution in [0.2, 0.25) is 5.02 Å². The van der Waals surface area contributed by atoms with E-state index in [1.165, 1.54) is 18.1 Å². The first-order chi connectivity index (χ1) is 9.99. The standard InChI is InChI=1S/C15H18ClNO4/c1-17(9-13(19)10-21-2)15(20)12-6-5-11(4-3-7-18)14(16)8-12/h5-6,8,13,18-19H,7,9-10H2,1-2H3. The number of aliphatic hydroxyl groups is 2. The van der Waals surface area contributed by atoms with E-state index in [2.05, 4.69) is 11.8 Å². The van der Waals surface area contributed by atoms with Crippen molar-refractivity contribution < 1.29 is 19.7 Å². The lowest BCUT2D eigenvalue weighted by Crippen LogP contribution is -2.36. The van der Waals surface area contributed by atoms with Crippen molar-refractivity contribution in [2.45, 2.75) is 6.10 Å². The lowest BCUT2D eigenvalue weighted by Gasteiger charge is -2.20. The van der Waals surface area contributed by atoms with Crippen molar-refractivity contribution in [2.24, 2.45) is 0 Å². The van der Waals surface area contributed by atoms with Gasteiger partial charge in [-0.1, -0.05) is 23.4 Å². The number of ether oxygens (including phenoxy) is 1. The van der Waals surface area contributed by atoms with Crippen LogP contribution in [0.5, 0.6) is 0 Å². The molecule has 114 valence electrons. The molecule has 1 rings (SSSR count). The summed E-state index contributed by atoms with van der Waals surface area (Å²) < 4.78 is 4.82. The summed E-state index contributed by atoms with van der Waals surface area (Å²) in [4.78, 5) is 13.6. The number of hydrogen-bond acceptors (Lipinski definition) is 4. The maximum atomic E-state index is 12.2. The van der Waals surface area contributed by atoms with Gasteiger partial charge in [0.1, 0.15) is 6.61 Å². The van der Waals surface area contributed by atoms with Crippen LogP contribution in [0.25, 0.3) is 0 Å². The summed E-state index contributed by atoms with van der Waals surface area (Å²) in [7, 11) is 3.07. The van der Waals surface area contributed by atoms with Crippen molar-refractivity contribution in [3.8, 4) is 11.8 Å². The van der Waals surface area contributed by atoms with Crippen molar-refractivity contribution in [1.29, 1.82) is 0 Å². The Morgan fingerprint density at radius 3 is 2.81 bits per heavy atom. The zero-order valence-corrected chi connectivity index (χ0v) is 12.7. The summed E-state index contributed by atoms with van der Waals surface area (Å²) in [5.74, 6) is 4.93. The second kappa shape index (κ2) is 8.65. The Bertz CT molecular complexity index is 550. The molecular formula is C15H18ClNO4. The normalized spacial score (nSPS) is 11.5. The van der Waals surface area contributed by atoms with E-state index >= 15 is 0 Å². The number of aliphatic hydroxyl groups excluding tert-OH is 2. The average molecular weight is 312 g/mol. The molecule has 0 radical (unpaired) electrons. The highest BCUT2D eigenvalue weighted by Crippen LogP contribution is 2.18. The van der Waals surface area contributed by atoms with Crippen molar-refractivity contribution >= 4 is 17.5 Å². The number of amides is 1. The highest BCUT2D eigenvalue weighted by atomic mass is 35.5. The zero-order valence-electron chi connectivity index (χ0n) is 12.0. The molecule has 0 saturated heterocycles. The molecule has 0 aliphatic rings. The molecule has 0 aliphatic carbocycles. The van der Waals surface area contributed by atoms with E-state index in [-0.39, 0.29) is 25.7 Å². The van der Waals surface area contributed by atoms with Crippen LogP contribution >= 0.6 is 11.6 Å². The molecule has 0 fully saturated rings. The fourth-order valence-corrected chi connectivity index (χ4v) is 1.98. The van der Waals surface area contributed by atoms with Crippen LogP contribution in [0, 0.1) is 11.8 Å². The first-order valence-corrected chi connectivity index (χ1v) is 6.69. The molecule has 1 aromatic rings. The van der Waals surface area contributed by atoms with E-state index in [0.29, 0.717) is 16.1 Å². The number of halogens is 1. The van der Waals surface area contributed by atoms with Crippen molar-refractivity contribution in [3.05, 3.63) is 34.3 Å². The summed E-state index contributed by atoms with van der Waals surface area (Å²) in [6.45, 7) is 0.0710. The van der Waals surface area contributed by atoms with E-state index in [9.17, 15) is 9.90 Å². The molecule has 1 atom stereocenters. The van der Waals surface area contributed by atoms with Crippen molar-refractivity contribution in [3.63, 3.8) is 0 Å². The largest absolute Gasteiger partial charge is 0.389 e. The number of benzene rings is 1. The first kappa shape index (κ1) is 17.5. The first-order valence-electron chi connectivity index (χ1n) is 6.31. The molecule has 2 N–H and O–H groups in total. The number of methoxy groups -OCH3 is 1. The Morgan fingerprint density at radius 2 is 2.24 bits per heavy atom. The quantitative estimate of drug-likeness (QED) is 0.788. The van der Waals surface area contributed by atoms with E-state index in [1.54, 1.807) is 19.2 Å². The SMILES string of the molecule is COCC(O)CN(C)C(=O)c1ccc(C#CCO)c(Cl)c1. The monoisotopic (exact) mass is 311 g/mol. The summed E-state index contributed by atoms with van der Waals surface area (Å²) in [5.41, 5.74) is 0.950. The second-order valence-electron chi connectivity index (χ2n) is 4.45. The Hall–Kier alpha value is -1.58. The highest BCUT2D eigenvalue weighted by Gasteiger charge is 2.16. The van der Waals surface area contributed by atoms with Crippen molar-refractivity contribution in [2.75, 3.05) is 33.9 Å². The van der Waals surface area contributed by atoms with Crippen LogP contribution in [-0.4, -0.2) is 61.0 Å². The number of carbonyl (C=O) groups is 1. The lowest BCUT2D eigenvalue weighted by atomic mass is 10.1. The number of rotatable bonds is 5. The molecule has 0 aromatic heterocycles. The van der Waals surface area contributed by atoms with Gasteiger partial charge < -0.3 is 19.8 Å². The van der Waals surface area contributed by atoms with Crippen LogP contribution < -0.4 is 0 Å². The minimum Gasteiger partial charge on any atom is -0.389 e. The van der Waals surface area contributed by atoms with Gasteiger partial charge in [-0.25, -0.2) is 0 Å². The van der Waals surface area contributed by atoms with Gasteiger partial charge in [0.2, 0.25) is 0 Å². The van der Waals surface area contributed by atoms with Crippen LogP contribution in [-0.2, 0) is 4.74 Å². The van der Waals surface area contributed by atoms with Gasteiger partial charge in [-0.2, -0.15) is 0 Å². The third-order valence-corrected chi connectivity index (χ3v) is 3.02. The van der Waals surface area contributed by atoms with Gasteiger partial charge >= 0.3 is 0 Å². The molecule has 5 nitrogen and oxygen atoms in total. The van der Waals surface area contributed by atoms with Gasteiger partial charge in [0, 0.05) is 31.8 Å². The number of likely N-dealkylation sites (N-methyl/N-ethyl adjacent to an activating group) is 1. The predicted molar refractivity (Wildman–Crippen MR) is 80.3 cm³/mol. The molecule has 1 aromatic carbocycles. The molecule has 6 heteroatoms. The lowest BCUT2D eigenvalue weighted by molar-refractivity contribution is 0.0380. The van der Waals surface area contributed by atoms with Crippen LogP contribution in [0.3, 0.4) is 0 Å². The Labute approximate surface area is 129 Å². The van der Waals surface area contributed by atoms with Crippen LogP contribution in [0.1, 0.15) is 15.9 Å². The van der Waals surface area contributed by atoms with E-state index in [1.807, 2.05) is 0 Å². The highest BCUT2D eigenvalue weighted by molar-refractivity contribution is 6.32. The molecule has 0 saturated carbocycles. The minimum absolute atomic E-state index is 0.161. The fraction of sp³-hybridized carbons (Fsp3) is 0.400. The molecule has 1 unspecified atom stereocenters. The third kappa shape index (κ3) is 5.37. The maximum absolute atomic E-state index is 12.2. The Kier molecular flexibility index (Phi) is 7.20. The number of carbonyl (C=O) groups excluding carboxylic acids is 1. The summed E-state index contributed by atoms with van der Waals surface area (Å²) in [5, 5.41) is 18.6. The molecule has 1 amide bonds. The smallest absolute Gasteiger partial charge is 0.253 e. The number of hydrogen-bond donors (Lipinski definition) is 2. The Balaban J connectivity index is 2.81. The minimum atomic E-state index is -0.742. The summed E-state index contributed by atoms with van der Waals surface area (Å²) >= 11 is 6.05. The van der Waals surface area contributed by atoms with Gasteiger partial charge in [-0.15, -0.1) is 0 Å². The molecule has 0 heterocycles. The maximum Gasteiger partial charge on any atom is 0.253 e. The molecular weight excluding hydrogens is 294 g/mol. The van der Waals surface area contributed by atoms with Gasteiger partial charge in [-0.3, -0.25) is 4.79 Å². The van der Waals surface area contributed by atoms with Crippen LogP contribution in [0.4, 0.5) is 0 Å².